The van der Waals surface area contributed by atoms with Crippen LogP contribution in [0, 0.1) is 0 Å². The summed E-state index contributed by atoms with van der Waals surface area (Å²) >= 11 is 0. The van der Waals surface area contributed by atoms with E-state index in [9.17, 15) is 24.0 Å². The number of carboxylic acid groups (broad SMARTS) is 2. The maximum absolute atomic E-state index is 12.3. The van der Waals surface area contributed by atoms with Crippen LogP contribution in [0.1, 0.15) is 32.6 Å². The molecule has 0 aliphatic carbocycles. The molecule has 0 radical (unpaired) electrons. The molecule has 0 saturated carbocycles. The Kier molecular flexibility index (Phi) is 9.32. The monoisotopic (exact) mass is 402 g/mol. The lowest BCUT2D eigenvalue weighted by Crippen LogP contribution is -2.56. The Morgan fingerprint density at radius 1 is 1.04 bits per heavy atom. The molecule has 7 N–H and O–H groups in total. The highest BCUT2D eigenvalue weighted by Crippen LogP contribution is 2.05. The molecule has 0 aromatic carbocycles. The Labute approximate surface area is 161 Å². The third-order valence-electron chi connectivity index (χ3n) is 4.21. The van der Waals surface area contributed by atoms with Crippen molar-refractivity contribution < 1.29 is 39.3 Å². The number of nitrogens with one attached hydrogen (secondary N) is 4. The second-order valence-corrected chi connectivity index (χ2v) is 6.45. The summed E-state index contributed by atoms with van der Waals surface area (Å²) in [5.41, 5.74) is 0. The lowest BCUT2D eigenvalue weighted by Gasteiger charge is -2.23. The van der Waals surface area contributed by atoms with Gasteiger partial charge in [0.1, 0.15) is 18.1 Å². The van der Waals surface area contributed by atoms with Gasteiger partial charge in [0.15, 0.2) is 0 Å². The van der Waals surface area contributed by atoms with Crippen molar-refractivity contribution in [1.29, 1.82) is 0 Å². The number of aliphatic hydroxyl groups is 1. The molecule has 0 aromatic rings. The Bertz CT molecular complexity index is 605. The largest absolute Gasteiger partial charge is 0.481 e. The first kappa shape index (κ1) is 23.3. The normalized spacial score (nSPS) is 19.1. The highest BCUT2D eigenvalue weighted by molar-refractivity contribution is 5.94. The fraction of sp³-hybridized carbons (Fsp3) is 0.688. The van der Waals surface area contributed by atoms with Crippen molar-refractivity contribution in [3.8, 4) is 0 Å². The minimum absolute atomic E-state index is 0.296. The van der Waals surface area contributed by atoms with E-state index in [4.69, 9.17) is 15.3 Å². The van der Waals surface area contributed by atoms with Crippen molar-refractivity contribution in [2.75, 3.05) is 13.2 Å². The average molecular weight is 402 g/mol. The highest BCUT2D eigenvalue weighted by Gasteiger charge is 2.29. The standard InChI is InChI=1S/C16H26N4O8/c1-8(18-14(25)9-3-2-6-17-9)13(24)19-10(4-5-12(22)23)15(26)20-11(7-21)16(27)28/h8-11,17,21H,2-7H2,1H3,(H,18,25)(H,19,24)(H,20,26)(H,22,23)(H,27,28). The molecule has 1 heterocycles. The Morgan fingerprint density at radius 3 is 2.18 bits per heavy atom. The van der Waals surface area contributed by atoms with Crippen LogP contribution in [0.2, 0.25) is 0 Å². The SMILES string of the molecule is CC(NC(=O)C1CCCN1)C(=O)NC(CCC(=O)O)C(=O)NC(CO)C(=O)O. The fourth-order valence-electron chi connectivity index (χ4n) is 2.58. The van der Waals surface area contributed by atoms with Gasteiger partial charge in [-0.05, 0) is 32.7 Å². The van der Waals surface area contributed by atoms with Crippen molar-refractivity contribution in [3.63, 3.8) is 0 Å². The Balaban J connectivity index is 2.70. The van der Waals surface area contributed by atoms with Crippen LogP contribution >= 0.6 is 0 Å². The van der Waals surface area contributed by atoms with Crippen LogP contribution in [0.5, 0.6) is 0 Å². The van der Waals surface area contributed by atoms with Gasteiger partial charge in [-0.2, -0.15) is 0 Å². The van der Waals surface area contributed by atoms with E-state index in [-0.39, 0.29) is 12.3 Å². The number of hydrogen-bond acceptors (Lipinski definition) is 7. The predicted molar refractivity (Wildman–Crippen MR) is 94.1 cm³/mol. The Hall–Kier alpha value is -2.73. The molecule has 0 bridgehead atoms. The second-order valence-electron chi connectivity index (χ2n) is 6.45. The molecule has 0 aromatic heterocycles. The molecular weight excluding hydrogens is 376 g/mol. The third-order valence-corrected chi connectivity index (χ3v) is 4.21. The van der Waals surface area contributed by atoms with E-state index in [2.05, 4.69) is 16.0 Å². The van der Waals surface area contributed by atoms with Crippen LogP contribution in [0.3, 0.4) is 0 Å². The average Bonchev–Trinajstić information content (AvgIpc) is 3.16. The summed E-state index contributed by atoms with van der Waals surface area (Å²) in [5, 5.41) is 36.5. The van der Waals surface area contributed by atoms with Crippen LogP contribution in [-0.4, -0.2) is 82.3 Å². The van der Waals surface area contributed by atoms with Gasteiger partial charge in [-0.25, -0.2) is 4.79 Å². The minimum Gasteiger partial charge on any atom is -0.481 e. The molecule has 12 heteroatoms. The number of carboxylic acids is 2. The first-order chi connectivity index (χ1) is 13.1. The number of carbonyl (C=O) groups excluding carboxylic acids is 3. The van der Waals surface area contributed by atoms with Gasteiger partial charge in [-0.15, -0.1) is 0 Å². The molecule has 1 fully saturated rings. The molecule has 28 heavy (non-hydrogen) atoms. The molecule has 4 atom stereocenters. The maximum atomic E-state index is 12.3. The number of aliphatic carboxylic acids is 2. The van der Waals surface area contributed by atoms with E-state index >= 15 is 0 Å². The van der Waals surface area contributed by atoms with E-state index in [1.54, 1.807) is 0 Å². The van der Waals surface area contributed by atoms with Gasteiger partial charge >= 0.3 is 11.9 Å². The van der Waals surface area contributed by atoms with Gasteiger partial charge in [0, 0.05) is 6.42 Å². The van der Waals surface area contributed by atoms with E-state index in [0.717, 1.165) is 6.42 Å². The van der Waals surface area contributed by atoms with Crippen molar-refractivity contribution >= 4 is 29.7 Å². The first-order valence-corrected chi connectivity index (χ1v) is 8.85. The van der Waals surface area contributed by atoms with Crippen LogP contribution in [0.25, 0.3) is 0 Å². The van der Waals surface area contributed by atoms with Crippen LogP contribution in [0.4, 0.5) is 0 Å². The third kappa shape index (κ3) is 7.48. The topological polar surface area (TPSA) is 194 Å². The summed E-state index contributed by atoms with van der Waals surface area (Å²) in [5.74, 6) is -4.74. The lowest BCUT2D eigenvalue weighted by atomic mass is 10.1. The smallest absolute Gasteiger partial charge is 0.328 e. The molecule has 158 valence electrons. The van der Waals surface area contributed by atoms with Gasteiger partial charge < -0.3 is 36.6 Å². The van der Waals surface area contributed by atoms with Gasteiger partial charge in [0.25, 0.3) is 0 Å². The summed E-state index contributed by atoms with van der Waals surface area (Å²) in [6, 6.07) is -4.34. The predicted octanol–water partition coefficient (Wildman–Crippen LogP) is -2.85. The summed E-state index contributed by atoms with van der Waals surface area (Å²) in [6.07, 6.45) is 0.727. The van der Waals surface area contributed by atoms with Crippen molar-refractivity contribution in [2.45, 2.75) is 56.8 Å². The molecule has 1 aliphatic rings. The van der Waals surface area contributed by atoms with Crippen LogP contribution in [-0.2, 0) is 24.0 Å². The van der Waals surface area contributed by atoms with Crippen molar-refractivity contribution in [3.05, 3.63) is 0 Å². The first-order valence-electron chi connectivity index (χ1n) is 8.85. The summed E-state index contributed by atoms with van der Waals surface area (Å²) in [4.78, 5) is 58.3. The van der Waals surface area contributed by atoms with E-state index in [1.165, 1.54) is 6.92 Å². The minimum atomic E-state index is -1.60. The molecule has 1 saturated heterocycles. The molecule has 1 aliphatic heterocycles. The van der Waals surface area contributed by atoms with Crippen molar-refractivity contribution in [1.82, 2.24) is 21.3 Å². The summed E-state index contributed by atoms with van der Waals surface area (Å²) < 4.78 is 0. The summed E-state index contributed by atoms with van der Waals surface area (Å²) in [6.45, 7) is 1.23. The number of carbonyl (C=O) groups is 5. The van der Waals surface area contributed by atoms with Gasteiger partial charge in [-0.1, -0.05) is 0 Å². The van der Waals surface area contributed by atoms with Crippen LogP contribution < -0.4 is 21.3 Å². The molecule has 1 rings (SSSR count). The fourth-order valence-corrected chi connectivity index (χ4v) is 2.58. The highest BCUT2D eigenvalue weighted by atomic mass is 16.4. The number of aliphatic hydroxyl groups excluding tert-OH is 1. The number of amides is 3. The van der Waals surface area contributed by atoms with Gasteiger partial charge in [-0.3, -0.25) is 19.2 Å². The van der Waals surface area contributed by atoms with E-state index in [0.29, 0.717) is 13.0 Å². The quantitative estimate of drug-likeness (QED) is 0.190. The van der Waals surface area contributed by atoms with Crippen LogP contribution in [0.15, 0.2) is 0 Å². The zero-order valence-corrected chi connectivity index (χ0v) is 15.4. The molecule has 4 unspecified atom stereocenters. The molecule has 12 nitrogen and oxygen atoms in total. The molecule has 3 amide bonds. The van der Waals surface area contributed by atoms with E-state index in [1.807, 2.05) is 5.32 Å². The lowest BCUT2D eigenvalue weighted by molar-refractivity contribution is -0.144. The Morgan fingerprint density at radius 2 is 1.68 bits per heavy atom. The summed E-state index contributed by atoms with van der Waals surface area (Å²) in [7, 11) is 0. The van der Waals surface area contributed by atoms with Gasteiger partial charge in [0.2, 0.25) is 17.7 Å². The number of hydrogen-bond donors (Lipinski definition) is 7. The molecule has 0 spiro atoms. The molecular formula is C16H26N4O8. The zero-order valence-electron chi connectivity index (χ0n) is 15.4. The maximum Gasteiger partial charge on any atom is 0.328 e. The van der Waals surface area contributed by atoms with Gasteiger partial charge in [0.05, 0.1) is 12.6 Å². The second kappa shape index (κ2) is 11.2. The van der Waals surface area contributed by atoms with E-state index < -0.39 is 60.9 Å². The number of rotatable bonds is 11. The van der Waals surface area contributed by atoms with Crippen molar-refractivity contribution in [2.24, 2.45) is 0 Å². The zero-order chi connectivity index (χ0) is 21.3.